The third-order valence-electron chi connectivity index (χ3n) is 2.42. The normalized spacial score (nSPS) is 10.2. The van der Waals surface area contributed by atoms with Gasteiger partial charge in [0.2, 0.25) is 0 Å². The van der Waals surface area contributed by atoms with Crippen LogP contribution >= 0.6 is 22.9 Å². The number of halogens is 1. The lowest BCUT2D eigenvalue weighted by Crippen LogP contribution is -2.23. The smallest absolute Gasteiger partial charge is 0.257 e. The number of carboxylic acids is 1. The molecule has 0 atom stereocenters. The number of aryl methyl sites for hydroxylation is 1. The van der Waals surface area contributed by atoms with E-state index in [4.69, 9.17) is 11.6 Å². The molecule has 0 aliphatic heterocycles. The fourth-order valence-corrected chi connectivity index (χ4v) is 2.69. The summed E-state index contributed by atoms with van der Waals surface area (Å²) in [6, 6.07) is 8.01. The second-order valence-corrected chi connectivity index (χ2v) is 5.48. The highest BCUT2D eigenvalue weighted by molar-refractivity contribution is 7.16. The Labute approximate surface area is 118 Å². The number of nitrogens with one attached hydrogen (secondary N) is 1. The molecule has 0 unspecified atom stereocenters. The quantitative estimate of drug-likeness (QED) is 0.944. The number of benzene rings is 1. The summed E-state index contributed by atoms with van der Waals surface area (Å²) >= 11 is 7.08. The zero-order chi connectivity index (χ0) is 14.0. The van der Waals surface area contributed by atoms with Gasteiger partial charge in [-0.1, -0.05) is 23.7 Å². The number of thiophene rings is 1. The summed E-state index contributed by atoms with van der Waals surface area (Å²) in [5.41, 5.74) is 0.266. The monoisotopic (exact) mass is 294 g/mol. The summed E-state index contributed by atoms with van der Waals surface area (Å²) in [6.45, 7) is 1.75. The fourth-order valence-electron chi connectivity index (χ4n) is 1.57. The number of amides is 1. The molecule has 19 heavy (non-hydrogen) atoms. The molecule has 6 heteroatoms. The number of carboxylic acid groups (broad SMARTS) is 1. The Morgan fingerprint density at radius 2 is 1.95 bits per heavy atom. The predicted octanol–water partition coefficient (Wildman–Crippen LogP) is 2.33. The topological polar surface area (TPSA) is 69.2 Å². The molecule has 1 aromatic heterocycles. The van der Waals surface area contributed by atoms with E-state index in [1.165, 1.54) is 17.4 Å². The SMILES string of the molecule is Cc1cc(C(=O)[O-])c(NC(=O)c2ccccc2Cl)s1. The Morgan fingerprint density at radius 3 is 2.58 bits per heavy atom. The molecule has 0 radical (unpaired) electrons. The molecule has 1 aromatic carbocycles. The van der Waals surface area contributed by atoms with E-state index < -0.39 is 11.9 Å². The first-order valence-electron chi connectivity index (χ1n) is 5.36. The van der Waals surface area contributed by atoms with Gasteiger partial charge in [-0.25, -0.2) is 0 Å². The van der Waals surface area contributed by atoms with Crippen molar-refractivity contribution < 1.29 is 14.7 Å². The molecule has 0 fully saturated rings. The van der Waals surface area contributed by atoms with Crippen LogP contribution in [0.3, 0.4) is 0 Å². The van der Waals surface area contributed by atoms with E-state index in [1.54, 1.807) is 31.2 Å². The van der Waals surface area contributed by atoms with Crippen molar-refractivity contribution in [1.29, 1.82) is 0 Å². The predicted molar refractivity (Wildman–Crippen MR) is 72.8 cm³/mol. The van der Waals surface area contributed by atoms with Gasteiger partial charge in [0.05, 0.1) is 16.6 Å². The van der Waals surface area contributed by atoms with Gasteiger partial charge in [-0.3, -0.25) is 4.79 Å². The van der Waals surface area contributed by atoms with Gasteiger partial charge in [-0.15, -0.1) is 11.3 Å². The Bertz CT molecular complexity index is 651. The number of carbonyl (C=O) groups is 2. The molecule has 98 valence electrons. The maximum atomic E-state index is 12.0. The first-order valence-corrected chi connectivity index (χ1v) is 6.56. The Kier molecular flexibility index (Phi) is 3.87. The molecule has 1 heterocycles. The number of aromatic carboxylic acids is 1. The van der Waals surface area contributed by atoms with Crippen LogP contribution in [0.15, 0.2) is 30.3 Å². The van der Waals surface area contributed by atoms with Gasteiger partial charge in [-0.2, -0.15) is 0 Å². The number of carbonyl (C=O) groups excluding carboxylic acids is 2. The third kappa shape index (κ3) is 2.94. The lowest BCUT2D eigenvalue weighted by molar-refractivity contribution is -0.254. The first-order chi connectivity index (χ1) is 8.99. The maximum absolute atomic E-state index is 12.0. The molecule has 1 amide bonds. The molecule has 2 aromatic rings. The number of anilines is 1. The lowest BCUT2D eigenvalue weighted by atomic mass is 10.2. The van der Waals surface area contributed by atoms with Crippen molar-refractivity contribution in [2.24, 2.45) is 0 Å². The standard InChI is InChI=1S/C13H10ClNO3S/c1-7-6-9(13(17)18)12(19-7)15-11(16)8-4-2-3-5-10(8)14/h2-6H,1H3,(H,15,16)(H,17,18)/p-1. The molecule has 2 rings (SSSR count). The molecule has 0 saturated carbocycles. The molecule has 0 spiro atoms. The number of rotatable bonds is 3. The molecule has 1 N–H and O–H groups in total. The first kappa shape index (κ1) is 13.6. The van der Waals surface area contributed by atoms with Crippen LogP contribution in [0.25, 0.3) is 0 Å². The average Bonchev–Trinajstić information content (AvgIpc) is 2.70. The third-order valence-corrected chi connectivity index (χ3v) is 3.72. The average molecular weight is 295 g/mol. The molecule has 0 aliphatic rings. The Hall–Kier alpha value is -1.85. The van der Waals surface area contributed by atoms with Gasteiger partial charge in [0, 0.05) is 10.4 Å². The Balaban J connectivity index is 2.29. The molecule has 0 saturated heterocycles. The molecule has 0 bridgehead atoms. The van der Waals surface area contributed by atoms with Crippen LogP contribution < -0.4 is 10.4 Å². The maximum Gasteiger partial charge on any atom is 0.257 e. The van der Waals surface area contributed by atoms with Gasteiger partial charge >= 0.3 is 0 Å². The van der Waals surface area contributed by atoms with Crippen molar-refractivity contribution in [3.63, 3.8) is 0 Å². The molecular formula is C13H9ClNO3S-. The van der Waals surface area contributed by atoms with E-state index in [1.807, 2.05) is 0 Å². The van der Waals surface area contributed by atoms with Crippen LogP contribution in [0.5, 0.6) is 0 Å². The van der Waals surface area contributed by atoms with Crippen molar-refractivity contribution in [3.8, 4) is 0 Å². The van der Waals surface area contributed by atoms with E-state index in [0.717, 1.165) is 4.88 Å². The highest BCUT2D eigenvalue weighted by Crippen LogP contribution is 2.28. The van der Waals surface area contributed by atoms with E-state index in [9.17, 15) is 14.7 Å². The second-order valence-electron chi connectivity index (χ2n) is 3.82. The minimum Gasteiger partial charge on any atom is -0.545 e. The van der Waals surface area contributed by atoms with Crippen molar-refractivity contribution in [1.82, 2.24) is 0 Å². The summed E-state index contributed by atoms with van der Waals surface area (Å²) in [4.78, 5) is 23.7. The van der Waals surface area contributed by atoms with E-state index in [-0.39, 0.29) is 10.6 Å². The minimum atomic E-state index is -1.32. The van der Waals surface area contributed by atoms with Crippen molar-refractivity contribution in [2.45, 2.75) is 6.92 Å². The van der Waals surface area contributed by atoms with Crippen LogP contribution in [-0.2, 0) is 0 Å². The van der Waals surface area contributed by atoms with Crippen LogP contribution in [-0.4, -0.2) is 11.9 Å². The van der Waals surface area contributed by atoms with Crippen LogP contribution in [0.1, 0.15) is 25.6 Å². The van der Waals surface area contributed by atoms with E-state index in [0.29, 0.717) is 10.6 Å². The zero-order valence-electron chi connectivity index (χ0n) is 9.90. The molecule has 0 aliphatic carbocycles. The molecule has 4 nitrogen and oxygen atoms in total. The van der Waals surface area contributed by atoms with E-state index in [2.05, 4.69) is 5.32 Å². The minimum absolute atomic E-state index is 0.0251. The zero-order valence-corrected chi connectivity index (χ0v) is 11.5. The van der Waals surface area contributed by atoms with E-state index >= 15 is 0 Å². The van der Waals surface area contributed by atoms with Crippen molar-refractivity contribution in [2.75, 3.05) is 5.32 Å². The van der Waals surface area contributed by atoms with Crippen LogP contribution in [0.2, 0.25) is 5.02 Å². The summed E-state index contributed by atoms with van der Waals surface area (Å²) in [7, 11) is 0. The number of hydrogen-bond donors (Lipinski definition) is 1. The summed E-state index contributed by atoms with van der Waals surface area (Å²) < 4.78 is 0. The fraction of sp³-hybridized carbons (Fsp3) is 0.0769. The van der Waals surface area contributed by atoms with Gasteiger partial charge < -0.3 is 15.2 Å². The summed E-state index contributed by atoms with van der Waals surface area (Å²) in [5.74, 6) is -1.77. The highest BCUT2D eigenvalue weighted by atomic mass is 35.5. The van der Waals surface area contributed by atoms with Crippen molar-refractivity contribution >= 4 is 39.8 Å². The summed E-state index contributed by atoms with van der Waals surface area (Å²) in [6.07, 6.45) is 0. The highest BCUT2D eigenvalue weighted by Gasteiger charge is 2.14. The van der Waals surface area contributed by atoms with Crippen LogP contribution in [0.4, 0.5) is 5.00 Å². The van der Waals surface area contributed by atoms with Crippen LogP contribution in [0, 0.1) is 6.92 Å². The van der Waals surface area contributed by atoms with Crippen molar-refractivity contribution in [3.05, 3.63) is 51.4 Å². The largest absolute Gasteiger partial charge is 0.545 e. The van der Waals surface area contributed by atoms with Gasteiger partial charge in [-0.05, 0) is 25.1 Å². The second kappa shape index (κ2) is 5.42. The lowest BCUT2D eigenvalue weighted by Gasteiger charge is -2.07. The van der Waals surface area contributed by atoms with Gasteiger partial charge in [0.25, 0.3) is 5.91 Å². The molecular weight excluding hydrogens is 286 g/mol. The summed E-state index contributed by atoms with van der Waals surface area (Å²) in [5, 5.41) is 14.0. The van der Waals surface area contributed by atoms with Gasteiger partial charge in [0.1, 0.15) is 5.00 Å². The Morgan fingerprint density at radius 1 is 1.26 bits per heavy atom. The number of hydrogen-bond acceptors (Lipinski definition) is 4. The van der Waals surface area contributed by atoms with Gasteiger partial charge in [0.15, 0.2) is 0 Å².